The molecule has 2 aromatic carbocycles. The Morgan fingerprint density at radius 1 is 1.21 bits per heavy atom. The van der Waals surface area contributed by atoms with E-state index in [1.54, 1.807) is 0 Å². The number of carbonyl (C=O) groups excluding carboxylic acids is 1. The molecular formula is C19H18N2O3. The minimum atomic E-state index is -0.199. The molecule has 0 radical (unpaired) electrons. The molecule has 24 heavy (non-hydrogen) atoms. The number of aromatic nitrogens is 1. The summed E-state index contributed by atoms with van der Waals surface area (Å²) in [6.07, 6.45) is -0.199. The number of nitrogens with one attached hydrogen (secondary N) is 2. The van der Waals surface area contributed by atoms with E-state index in [1.807, 2.05) is 55.5 Å². The third-order valence-electron chi connectivity index (χ3n) is 4.08. The molecule has 122 valence electrons. The Balaban J connectivity index is 1.41. The fourth-order valence-corrected chi connectivity index (χ4v) is 2.83. The Morgan fingerprint density at radius 3 is 2.92 bits per heavy atom. The second-order valence-electron chi connectivity index (χ2n) is 5.98. The van der Waals surface area contributed by atoms with Crippen LogP contribution in [0.2, 0.25) is 0 Å². The van der Waals surface area contributed by atoms with E-state index in [0.717, 1.165) is 22.2 Å². The lowest BCUT2D eigenvalue weighted by Crippen LogP contribution is -2.40. The topological polar surface area (TPSA) is 63.4 Å². The van der Waals surface area contributed by atoms with Crippen molar-refractivity contribution >= 4 is 16.8 Å². The first-order valence-electron chi connectivity index (χ1n) is 7.95. The van der Waals surface area contributed by atoms with Crippen LogP contribution in [0.3, 0.4) is 0 Å². The summed E-state index contributed by atoms with van der Waals surface area (Å²) < 4.78 is 11.5. The number of ether oxygens (including phenoxy) is 2. The highest BCUT2D eigenvalue weighted by molar-refractivity contribution is 5.98. The van der Waals surface area contributed by atoms with Crippen LogP contribution in [0.15, 0.2) is 48.5 Å². The molecule has 1 aromatic heterocycles. The Hall–Kier alpha value is -2.95. The summed E-state index contributed by atoms with van der Waals surface area (Å²) in [4.78, 5) is 15.5. The SMILES string of the molecule is Cc1ccc2cc(C(=O)NCC3COc4ccccc4O3)[nH]c2c1. The highest BCUT2D eigenvalue weighted by Crippen LogP contribution is 2.30. The molecule has 1 unspecified atom stereocenters. The van der Waals surface area contributed by atoms with Crippen LogP contribution in [-0.4, -0.2) is 30.1 Å². The van der Waals surface area contributed by atoms with E-state index in [0.29, 0.717) is 24.6 Å². The van der Waals surface area contributed by atoms with Gasteiger partial charge in [0.25, 0.3) is 5.91 Å². The molecule has 5 heteroatoms. The van der Waals surface area contributed by atoms with Gasteiger partial charge >= 0.3 is 0 Å². The fraction of sp³-hybridized carbons (Fsp3) is 0.211. The zero-order valence-electron chi connectivity index (χ0n) is 13.3. The van der Waals surface area contributed by atoms with Crippen molar-refractivity contribution in [1.82, 2.24) is 10.3 Å². The molecule has 0 aliphatic carbocycles. The molecule has 0 spiro atoms. The van der Waals surface area contributed by atoms with Crippen molar-refractivity contribution in [2.24, 2.45) is 0 Å². The van der Waals surface area contributed by atoms with Gasteiger partial charge in [0, 0.05) is 10.9 Å². The van der Waals surface area contributed by atoms with Crippen molar-refractivity contribution in [3.63, 3.8) is 0 Å². The normalized spacial score (nSPS) is 16.1. The number of aryl methyl sites for hydroxylation is 1. The fourth-order valence-electron chi connectivity index (χ4n) is 2.83. The monoisotopic (exact) mass is 322 g/mol. The van der Waals surface area contributed by atoms with E-state index in [2.05, 4.69) is 10.3 Å². The maximum absolute atomic E-state index is 12.3. The molecule has 2 N–H and O–H groups in total. The van der Waals surface area contributed by atoms with Crippen LogP contribution in [0.25, 0.3) is 10.9 Å². The predicted molar refractivity (Wildman–Crippen MR) is 91.7 cm³/mol. The lowest BCUT2D eigenvalue weighted by molar-refractivity contribution is 0.0787. The summed E-state index contributed by atoms with van der Waals surface area (Å²) in [5.74, 6) is 1.31. The largest absolute Gasteiger partial charge is 0.486 e. The van der Waals surface area contributed by atoms with Gasteiger partial charge in [0.2, 0.25) is 0 Å². The van der Waals surface area contributed by atoms with E-state index < -0.39 is 0 Å². The number of carbonyl (C=O) groups is 1. The molecule has 0 fully saturated rings. The first kappa shape index (κ1) is 14.6. The maximum Gasteiger partial charge on any atom is 0.267 e. The number of benzene rings is 2. The predicted octanol–water partition coefficient (Wildman–Crippen LogP) is 3.05. The number of H-pyrrole nitrogens is 1. The lowest BCUT2D eigenvalue weighted by Gasteiger charge is -2.26. The summed E-state index contributed by atoms with van der Waals surface area (Å²) in [6.45, 7) is 2.84. The molecule has 3 aromatic rings. The second kappa shape index (κ2) is 5.92. The van der Waals surface area contributed by atoms with Crippen molar-refractivity contribution in [3.8, 4) is 11.5 Å². The smallest absolute Gasteiger partial charge is 0.267 e. The Bertz CT molecular complexity index is 901. The van der Waals surface area contributed by atoms with Crippen LogP contribution in [-0.2, 0) is 0 Å². The van der Waals surface area contributed by atoms with E-state index in [9.17, 15) is 4.79 Å². The highest BCUT2D eigenvalue weighted by Gasteiger charge is 2.21. The van der Waals surface area contributed by atoms with Crippen LogP contribution >= 0.6 is 0 Å². The van der Waals surface area contributed by atoms with Gasteiger partial charge in [-0.3, -0.25) is 4.79 Å². The zero-order chi connectivity index (χ0) is 16.5. The van der Waals surface area contributed by atoms with Crippen molar-refractivity contribution in [1.29, 1.82) is 0 Å². The Morgan fingerprint density at radius 2 is 2.04 bits per heavy atom. The molecule has 1 aliphatic rings. The molecule has 1 atom stereocenters. The average molecular weight is 322 g/mol. The van der Waals surface area contributed by atoms with Gasteiger partial charge in [-0.05, 0) is 36.8 Å². The van der Waals surface area contributed by atoms with Crippen LogP contribution in [0, 0.1) is 6.92 Å². The summed E-state index contributed by atoms with van der Waals surface area (Å²) in [6, 6.07) is 15.5. The summed E-state index contributed by atoms with van der Waals surface area (Å²) in [5, 5.41) is 3.92. The number of hydrogen-bond acceptors (Lipinski definition) is 3. The molecule has 1 amide bonds. The van der Waals surface area contributed by atoms with E-state index in [1.165, 1.54) is 0 Å². The number of para-hydroxylation sites is 2. The van der Waals surface area contributed by atoms with Crippen LogP contribution in [0.1, 0.15) is 16.1 Å². The van der Waals surface area contributed by atoms with Crippen molar-refractivity contribution in [2.45, 2.75) is 13.0 Å². The summed E-state index contributed by atoms with van der Waals surface area (Å²) in [7, 11) is 0. The average Bonchev–Trinajstić information content (AvgIpc) is 3.02. The van der Waals surface area contributed by atoms with Gasteiger partial charge < -0.3 is 19.8 Å². The van der Waals surface area contributed by atoms with Crippen molar-refractivity contribution in [3.05, 3.63) is 59.8 Å². The van der Waals surface area contributed by atoms with E-state index in [-0.39, 0.29) is 12.0 Å². The molecule has 4 rings (SSSR count). The third-order valence-corrected chi connectivity index (χ3v) is 4.08. The number of fused-ring (bicyclic) bond motifs is 2. The van der Waals surface area contributed by atoms with Gasteiger partial charge in [-0.15, -0.1) is 0 Å². The van der Waals surface area contributed by atoms with E-state index in [4.69, 9.17) is 9.47 Å². The van der Waals surface area contributed by atoms with Crippen LogP contribution < -0.4 is 14.8 Å². The summed E-state index contributed by atoms with van der Waals surface area (Å²) in [5.41, 5.74) is 2.67. The minimum Gasteiger partial charge on any atom is -0.486 e. The number of amides is 1. The van der Waals surface area contributed by atoms with Crippen molar-refractivity contribution < 1.29 is 14.3 Å². The van der Waals surface area contributed by atoms with Crippen LogP contribution in [0.5, 0.6) is 11.5 Å². The molecule has 1 aliphatic heterocycles. The molecule has 0 saturated carbocycles. The molecule has 0 bridgehead atoms. The maximum atomic E-state index is 12.3. The van der Waals surface area contributed by atoms with Crippen LogP contribution in [0.4, 0.5) is 0 Å². The quantitative estimate of drug-likeness (QED) is 0.779. The van der Waals surface area contributed by atoms with Crippen molar-refractivity contribution in [2.75, 3.05) is 13.2 Å². The molecule has 5 nitrogen and oxygen atoms in total. The second-order valence-corrected chi connectivity index (χ2v) is 5.98. The molecule has 2 heterocycles. The highest BCUT2D eigenvalue weighted by atomic mass is 16.6. The Labute approximate surface area is 139 Å². The third kappa shape index (κ3) is 2.80. The van der Waals surface area contributed by atoms with Gasteiger partial charge in [0.05, 0.1) is 6.54 Å². The minimum absolute atomic E-state index is 0.147. The standard InChI is InChI=1S/C19H18N2O3/c1-12-6-7-13-9-16(21-15(13)8-12)19(22)20-10-14-11-23-17-4-2-3-5-18(17)24-14/h2-9,14,21H,10-11H2,1H3,(H,20,22). The molecule has 0 saturated heterocycles. The number of hydrogen-bond donors (Lipinski definition) is 2. The van der Waals surface area contributed by atoms with Gasteiger partial charge in [-0.2, -0.15) is 0 Å². The first-order chi connectivity index (χ1) is 11.7. The summed E-state index contributed by atoms with van der Waals surface area (Å²) >= 11 is 0. The lowest BCUT2D eigenvalue weighted by atomic mass is 10.2. The van der Waals surface area contributed by atoms with Gasteiger partial charge in [-0.25, -0.2) is 0 Å². The van der Waals surface area contributed by atoms with Gasteiger partial charge in [0.15, 0.2) is 11.5 Å². The van der Waals surface area contributed by atoms with Gasteiger partial charge in [-0.1, -0.05) is 24.3 Å². The number of aromatic amines is 1. The first-order valence-corrected chi connectivity index (χ1v) is 7.95. The number of rotatable bonds is 3. The molecular weight excluding hydrogens is 304 g/mol. The van der Waals surface area contributed by atoms with E-state index >= 15 is 0 Å². The zero-order valence-corrected chi connectivity index (χ0v) is 13.3. The van der Waals surface area contributed by atoms with Gasteiger partial charge in [0.1, 0.15) is 18.4 Å². The Kier molecular flexibility index (Phi) is 3.61.